The molecule has 3 N–H and O–H groups in total. The highest BCUT2D eigenvalue weighted by Gasteiger charge is 2.23. The summed E-state index contributed by atoms with van der Waals surface area (Å²) < 4.78 is 39.1. The first-order valence-corrected chi connectivity index (χ1v) is 10.9. The van der Waals surface area contributed by atoms with Gasteiger partial charge in [-0.25, -0.2) is 0 Å². The molecule has 0 saturated heterocycles. The number of hydrogen-bond donors (Lipinski definition) is 3. The largest absolute Gasteiger partial charge is 0.505 e. The lowest BCUT2D eigenvalue weighted by Gasteiger charge is -2.13. The fraction of sp³-hybridized carbons (Fsp3) is 0.190. The van der Waals surface area contributed by atoms with Crippen molar-refractivity contribution in [3.8, 4) is 11.5 Å². The van der Waals surface area contributed by atoms with Gasteiger partial charge in [0, 0.05) is 25.4 Å². The van der Waals surface area contributed by atoms with Gasteiger partial charge >= 0.3 is 0 Å². The van der Waals surface area contributed by atoms with Crippen molar-refractivity contribution in [1.29, 1.82) is 0 Å². The number of methoxy groups -OCH3 is 1. The number of amides is 1. The molecule has 0 bridgehead atoms. The number of phenols is 1. The fourth-order valence-corrected chi connectivity index (χ4v) is 3.87. The number of aryl methyl sites for hydroxylation is 1. The molecule has 0 aliphatic rings. The highest BCUT2D eigenvalue weighted by molar-refractivity contribution is 7.86. The zero-order valence-corrected chi connectivity index (χ0v) is 19.0. The molecule has 3 aromatic rings. The molecular formula is C21H21N5O6S. The number of fused-ring (bicyclic) bond motifs is 1. The fourth-order valence-electron chi connectivity index (χ4n) is 3.21. The maximum Gasteiger partial charge on any atom is 0.296 e. The molecule has 0 aliphatic carbocycles. The number of nitrogens with one attached hydrogen (secondary N) is 1. The number of carbonyl (C=O) groups is 1. The maximum absolute atomic E-state index is 12.0. The molecule has 3 aromatic carbocycles. The molecule has 0 heterocycles. The van der Waals surface area contributed by atoms with Crippen LogP contribution in [0.3, 0.4) is 0 Å². The third-order valence-corrected chi connectivity index (χ3v) is 5.50. The van der Waals surface area contributed by atoms with E-state index in [4.69, 9.17) is 4.74 Å². The van der Waals surface area contributed by atoms with Gasteiger partial charge in [0.2, 0.25) is 5.91 Å². The number of phenolic OH excluding ortho intramolecular Hbond substituents is 1. The lowest BCUT2D eigenvalue weighted by Crippen LogP contribution is -2.06. The van der Waals surface area contributed by atoms with Crippen molar-refractivity contribution in [2.24, 2.45) is 20.5 Å². The molecule has 0 aliphatic heterocycles. The van der Waals surface area contributed by atoms with E-state index >= 15 is 0 Å². The van der Waals surface area contributed by atoms with Crippen molar-refractivity contribution in [2.75, 3.05) is 19.5 Å². The first kappa shape index (κ1) is 23.8. The van der Waals surface area contributed by atoms with Crippen LogP contribution >= 0.6 is 0 Å². The van der Waals surface area contributed by atoms with E-state index in [2.05, 4.69) is 25.8 Å². The first-order valence-electron chi connectivity index (χ1n) is 9.50. The summed E-state index contributed by atoms with van der Waals surface area (Å²) in [7, 11) is -1.85. The molecule has 0 radical (unpaired) electrons. The second-order valence-corrected chi connectivity index (χ2v) is 8.33. The SMILES string of the molecule is CN=Nc1cc(OC)c(N=Nc2c(S(=O)(=O)O)cc3cccc(NC(C)=O)c3c2O)cc1C. The van der Waals surface area contributed by atoms with Crippen LogP contribution in [0, 0.1) is 6.92 Å². The lowest BCUT2D eigenvalue weighted by atomic mass is 10.1. The highest BCUT2D eigenvalue weighted by Crippen LogP contribution is 2.45. The molecule has 3 rings (SSSR count). The predicted octanol–water partition coefficient (Wildman–Crippen LogP) is 5.20. The minimum atomic E-state index is -4.79. The van der Waals surface area contributed by atoms with Crippen LogP contribution in [0.15, 0.2) is 61.8 Å². The van der Waals surface area contributed by atoms with Gasteiger partial charge in [0.05, 0.1) is 18.5 Å². The molecule has 0 unspecified atom stereocenters. The molecule has 172 valence electrons. The van der Waals surface area contributed by atoms with Gasteiger partial charge in [0.25, 0.3) is 10.1 Å². The van der Waals surface area contributed by atoms with Crippen molar-refractivity contribution < 1.29 is 27.6 Å². The van der Waals surface area contributed by atoms with Gasteiger partial charge in [-0.3, -0.25) is 9.35 Å². The Hall–Kier alpha value is -3.90. The second-order valence-electron chi connectivity index (χ2n) is 6.94. The molecule has 0 saturated carbocycles. The van der Waals surface area contributed by atoms with E-state index in [1.54, 1.807) is 25.1 Å². The normalized spacial score (nSPS) is 12.0. The summed E-state index contributed by atoms with van der Waals surface area (Å²) >= 11 is 0. The molecule has 33 heavy (non-hydrogen) atoms. The number of anilines is 1. The number of benzene rings is 3. The predicted molar refractivity (Wildman–Crippen MR) is 122 cm³/mol. The topological polar surface area (TPSA) is 162 Å². The molecule has 0 spiro atoms. The molecule has 0 fully saturated rings. The standard InChI is InChI=1S/C21H21N5O6S/c1-11-8-16(17(32-4)10-15(11)24-22-3)25-26-20-18(33(29,30)31)9-13-6-5-7-14(23-12(2)27)19(13)21(20)28/h5-10,28H,1-4H3,(H,23,27)(H,29,30,31). The zero-order chi connectivity index (χ0) is 24.3. The number of aromatic hydroxyl groups is 1. The van der Waals surface area contributed by atoms with E-state index in [0.717, 1.165) is 6.07 Å². The van der Waals surface area contributed by atoms with Crippen LogP contribution in [0.4, 0.5) is 22.7 Å². The smallest absolute Gasteiger partial charge is 0.296 e. The van der Waals surface area contributed by atoms with Crippen LogP contribution in [0.2, 0.25) is 0 Å². The summed E-state index contributed by atoms with van der Waals surface area (Å²) in [5.74, 6) is -0.701. The number of hydrogen-bond acceptors (Lipinski definition) is 9. The Morgan fingerprint density at radius 2 is 1.82 bits per heavy atom. The second kappa shape index (κ2) is 9.30. The van der Waals surface area contributed by atoms with E-state index < -0.39 is 32.4 Å². The van der Waals surface area contributed by atoms with E-state index in [1.807, 2.05) is 0 Å². The summed E-state index contributed by atoms with van der Waals surface area (Å²) in [4.78, 5) is 10.9. The summed E-state index contributed by atoms with van der Waals surface area (Å²) in [6.07, 6.45) is 0. The third-order valence-electron chi connectivity index (χ3n) is 4.63. The Morgan fingerprint density at radius 3 is 2.42 bits per heavy atom. The van der Waals surface area contributed by atoms with Crippen LogP contribution in [0.5, 0.6) is 11.5 Å². The van der Waals surface area contributed by atoms with E-state index in [-0.39, 0.29) is 27.9 Å². The van der Waals surface area contributed by atoms with Gasteiger partial charge in [-0.2, -0.15) is 18.6 Å². The van der Waals surface area contributed by atoms with Gasteiger partial charge < -0.3 is 15.2 Å². The summed E-state index contributed by atoms with van der Waals surface area (Å²) in [6.45, 7) is 3.05. The molecule has 12 heteroatoms. The van der Waals surface area contributed by atoms with Gasteiger partial charge in [0.1, 0.15) is 22.0 Å². The van der Waals surface area contributed by atoms with Crippen LogP contribution < -0.4 is 10.1 Å². The van der Waals surface area contributed by atoms with Gasteiger partial charge in [-0.1, -0.05) is 12.1 Å². The average Bonchev–Trinajstić information content (AvgIpc) is 2.73. The minimum Gasteiger partial charge on any atom is -0.505 e. The third kappa shape index (κ3) is 4.96. The number of azo groups is 2. The number of rotatable bonds is 6. The number of nitrogens with zero attached hydrogens (tertiary/aromatic N) is 4. The van der Waals surface area contributed by atoms with Crippen molar-refractivity contribution in [2.45, 2.75) is 18.7 Å². The Balaban J connectivity index is 2.28. The van der Waals surface area contributed by atoms with Gasteiger partial charge in [-0.15, -0.1) is 10.2 Å². The van der Waals surface area contributed by atoms with Gasteiger partial charge in [0.15, 0.2) is 5.75 Å². The molecule has 0 aromatic heterocycles. The average molecular weight is 471 g/mol. The summed E-state index contributed by atoms with van der Waals surface area (Å²) in [5.41, 5.74) is 1.20. The van der Waals surface area contributed by atoms with Crippen LogP contribution in [-0.4, -0.2) is 38.1 Å². The molecular weight excluding hydrogens is 450 g/mol. The minimum absolute atomic E-state index is 0.135. The van der Waals surface area contributed by atoms with E-state index in [0.29, 0.717) is 11.3 Å². The van der Waals surface area contributed by atoms with Crippen molar-refractivity contribution in [3.05, 3.63) is 42.0 Å². The monoisotopic (exact) mass is 471 g/mol. The number of ether oxygens (including phenoxy) is 1. The zero-order valence-electron chi connectivity index (χ0n) is 18.2. The van der Waals surface area contributed by atoms with Crippen molar-refractivity contribution in [3.63, 3.8) is 0 Å². The summed E-state index contributed by atoms with van der Waals surface area (Å²) in [6, 6.07) is 8.92. The van der Waals surface area contributed by atoms with Crippen molar-refractivity contribution in [1.82, 2.24) is 0 Å². The Morgan fingerprint density at radius 1 is 1.09 bits per heavy atom. The lowest BCUT2D eigenvalue weighted by molar-refractivity contribution is -0.114. The van der Waals surface area contributed by atoms with Gasteiger partial charge in [-0.05, 0) is 36.1 Å². The maximum atomic E-state index is 12.0. The molecule has 11 nitrogen and oxygen atoms in total. The Kier molecular flexibility index (Phi) is 6.70. The highest BCUT2D eigenvalue weighted by atomic mass is 32.2. The Bertz CT molecular complexity index is 1420. The van der Waals surface area contributed by atoms with Crippen LogP contribution in [-0.2, 0) is 14.9 Å². The molecule has 1 amide bonds. The van der Waals surface area contributed by atoms with Crippen LogP contribution in [0.1, 0.15) is 12.5 Å². The van der Waals surface area contributed by atoms with Crippen molar-refractivity contribution >= 4 is 49.5 Å². The summed E-state index contributed by atoms with van der Waals surface area (Å²) in [5, 5.41) is 29.6. The first-order chi connectivity index (χ1) is 15.6. The quantitative estimate of drug-likeness (QED) is 0.331. The Labute approximate surface area is 189 Å². The van der Waals surface area contributed by atoms with E-state index in [1.165, 1.54) is 33.2 Å². The molecule has 0 atom stereocenters. The number of carbonyl (C=O) groups excluding carboxylic acids is 1. The van der Waals surface area contributed by atoms with Crippen LogP contribution in [0.25, 0.3) is 10.8 Å². The van der Waals surface area contributed by atoms with E-state index in [9.17, 15) is 22.9 Å².